The number of ketones is 3. The standard InChI is InChI=1S/C33H51NO6/c1-7-8-18-25(35)30(38)22-16-14-12-10-9-11-13-15-17-23(20-27(37)40-32(2,3)4)31(39)34-21-24-28(33(24,5)6)29(34)26(36)19-22/h7,22-24,28-29H,1,8-21H2,2-6H3/t22-,23-,24+,28+,29-/m1/s1. The molecule has 2 aliphatic heterocycles. The molecule has 3 rings (SSSR count). The van der Waals surface area contributed by atoms with E-state index in [1.807, 2.05) is 20.8 Å². The average molecular weight is 558 g/mol. The SMILES string of the molecule is C=CCCC(=O)C(=O)[C@@H]1CCCCCCCCC[C@H](CC(=O)OC(C)(C)C)C(=O)N2C[C@H]3[C@@H]([C@H]2C(=O)C1)C3(C)C. The Morgan fingerprint density at radius 2 is 1.60 bits per heavy atom. The smallest absolute Gasteiger partial charge is 0.307 e. The van der Waals surface area contributed by atoms with Crippen molar-refractivity contribution >= 4 is 29.2 Å². The third-order valence-corrected chi connectivity index (χ3v) is 9.28. The monoisotopic (exact) mass is 557 g/mol. The minimum absolute atomic E-state index is 0.00512. The summed E-state index contributed by atoms with van der Waals surface area (Å²) in [6.07, 6.45) is 10.0. The molecule has 0 radical (unpaired) electrons. The Morgan fingerprint density at radius 3 is 2.20 bits per heavy atom. The maximum Gasteiger partial charge on any atom is 0.307 e. The van der Waals surface area contributed by atoms with Crippen LogP contribution in [0.25, 0.3) is 0 Å². The molecule has 0 unspecified atom stereocenters. The first-order chi connectivity index (χ1) is 18.8. The van der Waals surface area contributed by atoms with Crippen LogP contribution in [-0.4, -0.2) is 52.3 Å². The lowest BCUT2D eigenvalue weighted by atomic mass is 9.84. The number of piperidine rings is 1. The quantitative estimate of drug-likeness (QED) is 0.216. The Balaban J connectivity index is 1.86. The fourth-order valence-electron chi connectivity index (χ4n) is 6.95. The van der Waals surface area contributed by atoms with Gasteiger partial charge in [0.15, 0.2) is 11.6 Å². The van der Waals surface area contributed by atoms with E-state index < -0.39 is 41.0 Å². The lowest BCUT2D eigenvalue weighted by molar-refractivity contribution is -0.159. The molecule has 5 atom stereocenters. The topological polar surface area (TPSA) is 97.8 Å². The summed E-state index contributed by atoms with van der Waals surface area (Å²) in [5.74, 6) is -2.47. The fourth-order valence-corrected chi connectivity index (χ4v) is 6.95. The molecular formula is C33H51NO6. The summed E-state index contributed by atoms with van der Waals surface area (Å²) >= 11 is 0. The Morgan fingerprint density at radius 1 is 1.00 bits per heavy atom. The zero-order chi connectivity index (χ0) is 29.7. The summed E-state index contributed by atoms with van der Waals surface area (Å²) < 4.78 is 5.56. The van der Waals surface area contributed by atoms with Gasteiger partial charge in [-0.25, -0.2) is 0 Å². The molecule has 224 valence electrons. The molecule has 2 saturated heterocycles. The number of carbonyl (C=O) groups is 5. The molecule has 0 aromatic carbocycles. The first-order valence-electron chi connectivity index (χ1n) is 15.5. The predicted molar refractivity (Wildman–Crippen MR) is 154 cm³/mol. The summed E-state index contributed by atoms with van der Waals surface area (Å²) in [6.45, 7) is 13.9. The number of nitrogens with zero attached hydrogens (tertiary/aromatic N) is 1. The number of allylic oxidation sites excluding steroid dienone is 1. The second-order valence-corrected chi connectivity index (χ2v) is 13.9. The van der Waals surface area contributed by atoms with Crippen LogP contribution in [0, 0.1) is 29.1 Å². The maximum absolute atomic E-state index is 14.0. The molecule has 2 heterocycles. The van der Waals surface area contributed by atoms with E-state index in [0.29, 0.717) is 25.8 Å². The molecule has 1 saturated carbocycles. The van der Waals surface area contributed by atoms with Gasteiger partial charge in [0.2, 0.25) is 11.7 Å². The number of carbonyl (C=O) groups excluding carboxylic acids is 5. The summed E-state index contributed by atoms with van der Waals surface area (Å²) in [4.78, 5) is 68.3. The summed E-state index contributed by atoms with van der Waals surface area (Å²) in [5, 5.41) is 0. The first kappa shape index (κ1) is 32.2. The first-order valence-corrected chi connectivity index (χ1v) is 15.5. The van der Waals surface area contributed by atoms with Crippen LogP contribution in [0.3, 0.4) is 0 Å². The van der Waals surface area contributed by atoms with Crippen LogP contribution >= 0.6 is 0 Å². The second kappa shape index (κ2) is 13.6. The van der Waals surface area contributed by atoms with Gasteiger partial charge in [0.05, 0.1) is 12.5 Å². The maximum atomic E-state index is 14.0. The van der Waals surface area contributed by atoms with Crippen molar-refractivity contribution in [3.63, 3.8) is 0 Å². The van der Waals surface area contributed by atoms with E-state index in [4.69, 9.17) is 4.74 Å². The zero-order valence-corrected chi connectivity index (χ0v) is 25.5. The van der Waals surface area contributed by atoms with E-state index >= 15 is 0 Å². The van der Waals surface area contributed by atoms with E-state index in [1.54, 1.807) is 11.0 Å². The molecule has 0 aromatic heterocycles. The molecule has 0 spiro atoms. The highest BCUT2D eigenvalue weighted by atomic mass is 16.6. The van der Waals surface area contributed by atoms with E-state index in [-0.39, 0.29) is 48.2 Å². The van der Waals surface area contributed by atoms with Gasteiger partial charge in [-0.2, -0.15) is 0 Å². The highest BCUT2D eigenvalue weighted by Crippen LogP contribution is 2.65. The highest BCUT2D eigenvalue weighted by molar-refractivity contribution is 6.38. The van der Waals surface area contributed by atoms with Crippen molar-refractivity contribution < 1.29 is 28.7 Å². The van der Waals surface area contributed by atoms with Gasteiger partial charge in [0, 0.05) is 31.2 Å². The fraction of sp³-hybridized carbons (Fsp3) is 0.788. The summed E-state index contributed by atoms with van der Waals surface area (Å²) in [7, 11) is 0. The molecule has 0 bridgehead atoms. The Bertz CT molecular complexity index is 976. The van der Waals surface area contributed by atoms with Crippen LogP contribution < -0.4 is 0 Å². The van der Waals surface area contributed by atoms with Crippen molar-refractivity contribution in [2.24, 2.45) is 29.1 Å². The molecule has 40 heavy (non-hydrogen) atoms. The lowest BCUT2D eigenvalue weighted by Gasteiger charge is -2.33. The van der Waals surface area contributed by atoms with E-state index in [1.165, 1.54) is 0 Å². The summed E-state index contributed by atoms with van der Waals surface area (Å²) in [6, 6.07) is -0.611. The number of fused-ring (bicyclic) bond motifs is 3. The average Bonchev–Trinajstić information content (AvgIpc) is 3.19. The molecule has 1 amide bonds. The van der Waals surface area contributed by atoms with Crippen LogP contribution in [0.5, 0.6) is 0 Å². The largest absolute Gasteiger partial charge is 0.460 e. The molecule has 7 nitrogen and oxygen atoms in total. The predicted octanol–water partition coefficient (Wildman–Crippen LogP) is 6.02. The van der Waals surface area contributed by atoms with Crippen LogP contribution in [0.4, 0.5) is 0 Å². The lowest BCUT2D eigenvalue weighted by Crippen LogP contribution is -2.49. The van der Waals surface area contributed by atoms with Gasteiger partial charge in [-0.3, -0.25) is 24.0 Å². The third kappa shape index (κ3) is 8.13. The Hall–Kier alpha value is -2.31. The normalized spacial score (nSPS) is 29.7. The Labute approximate surface area is 240 Å². The minimum atomic E-state index is -0.645. The van der Waals surface area contributed by atoms with E-state index in [9.17, 15) is 24.0 Å². The molecule has 1 aliphatic carbocycles. The van der Waals surface area contributed by atoms with Crippen LogP contribution in [0.15, 0.2) is 12.7 Å². The number of amides is 1. The highest BCUT2D eigenvalue weighted by Gasteiger charge is 2.69. The van der Waals surface area contributed by atoms with Gasteiger partial charge in [-0.05, 0) is 57.3 Å². The van der Waals surface area contributed by atoms with Crippen molar-refractivity contribution in [1.82, 2.24) is 4.90 Å². The third-order valence-electron chi connectivity index (χ3n) is 9.28. The van der Waals surface area contributed by atoms with Crippen molar-refractivity contribution in [3.8, 4) is 0 Å². The zero-order valence-electron chi connectivity index (χ0n) is 25.5. The van der Waals surface area contributed by atoms with Gasteiger partial charge in [0.1, 0.15) is 5.60 Å². The van der Waals surface area contributed by atoms with Crippen molar-refractivity contribution in [1.29, 1.82) is 0 Å². The van der Waals surface area contributed by atoms with Gasteiger partial charge in [0.25, 0.3) is 0 Å². The molecular weight excluding hydrogens is 506 g/mol. The summed E-state index contributed by atoms with van der Waals surface area (Å²) in [5.41, 5.74) is -0.696. The molecule has 3 aliphatic rings. The Kier molecular flexibility index (Phi) is 10.9. The van der Waals surface area contributed by atoms with Crippen LogP contribution in [0.1, 0.15) is 118 Å². The van der Waals surface area contributed by atoms with Gasteiger partial charge in [-0.15, -0.1) is 6.58 Å². The number of hydrogen-bond donors (Lipinski definition) is 0. The number of rotatable bonds is 7. The molecule has 7 heteroatoms. The minimum Gasteiger partial charge on any atom is -0.460 e. The van der Waals surface area contributed by atoms with Crippen LogP contribution in [-0.2, 0) is 28.7 Å². The molecule has 0 N–H and O–H groups in total. The van der Waals surface area contributed by atoms with Crippen LogP contribution in [0.2, 0.25) is 0 Å². The second-order valence-electron chi connectivity index (χ2n) is 13.9. The number of ether oxygens (including phenoxy) is 1. The number of esters is 1. The van der Waals surface area contributed by atoms with E-state index in [0.717, 1.165) is 44.9 Å². The number of hydrogen-bond acceptors (Lipinski definition) is 6. The van der Waals surface area contributed by atoms with Gasteiger partial charge >= 0.3 is 5.97 Å². The van der Waals surface area contributed by atoms with Crippen molar-refractivity contribution in [2.75, 3.05) is 6.54 Å². The van der Waals surface area contributed by atoms with Crippen molar-refractivity contribution in [2.45, 2.75) is 130 Å². The van der Waals surface area contributed by atoms with Gasteiger partial charge < -0.3 is 9.64 Å². The molecule has 3 fully saturated rings. The van der Waals surface area contributed by atoms with Crippen molar-refractivity contribution in [3.05, 3.63) is 12.7 Å². The number of Topliss-reactive ketones (excluding diaryl/α,β-unsaturated/α-hetero) is 3. The van der Waals surface area contributed by atoms with E-state index in [2.05, 4.69) is 20.4 Å². The molecule has 0 aromatic rings. The van der Waals surface area contributed by atoms with Gasteiger partial charge in [-0.1, -0.05) is 64.9 Å².